The van der Waals surface area contributed by atoms with Gasteiger partial charge in [-0.1, -0.05) is 15.9 Å². The smallest absolute Gasteiger partial charge is 0.224 e. The summed E-state index contributed by atoms with van der Waals surface area (Å²) in [7, 11) is 0. The number of hydrogen-bond donors (Lipinski definition) is 2. The molecule has 0 radical (unpaired) electrons. The molecule has 4 heteroatoms. The molecule has 2 nitrogen and oxygen atoms in total. The van der Waals surface area contributed by atoms with Crippen molar-refractivity contribution in [1.29, 1.82) is 0 Å². The van der Waals surface area contributed by atoms with Gasteiger partial charge in [-0.05, 0) is 54.7 Å². The summed E-state index contributed by atoms with van der Waals surface area (Å²) in [5.41, 5.74) is 2.15. The molecule has 0 bridgehead atoms. The standard InChI is InChI=1S/C13H16BrNOS/c1-9-6-10(14)2-3-11(9)15-12(16)7-13(8-17)4-5-13/h2-3,6,17H,4-5,7-8H2,1H3,(H,15,16). The molecule has 1 N–H and O–H groups in total. The predicted octanol–water partition coefficient (Wildman–Crippen LogP) is 3.80. The summed E-state index contributed by atoms with van der Waals surface area (Å²) in [6.45, 7) is 1.99. The Labute approximate surface area is 116 Å². The van der Waals surface area contributed by atoms with Gasteiger partial charge in [0.2, 0.25) is 5.91 Å². The van der Waals surface area contributed by atoms with Crippen LogP contribution in [-0.4, -0.2) is 11.7 Å². The molecule has 0 saturated heterocycles. The highest BCUT2D eigenvalue weighted by Gasteiger charge is 2.42. The lowest BCUT2D eigenvalue weighted by atomic mass is 10.0. The fraction of sp³-hybridized carbons (Fsp3) is 0.462. The molecular formula is C13H16BrNOS. The number of nitrogens with one attached hydrogen (secondary N) is 1. The van der Waals surface area contributed by atoms with Gasteiger partial charge in [0.25, 0.3) is 0 Å². The molecule has 1 amide bonds. The lowest BCUT2D eigenvalue weighted by Gasteiger charge is -2.13. The average Bonchev–Trinajstić information content (AvgIpc) is 3.03. The van der Waals surface area contributed by atoms with Gasteiger partial charge >= 0.3 is 0 Å². The fourth-order valence-corrected chi connectivity index (χ4v) is 2.77. The first-order chi connectivity index (χ1) is 8.04. The van der Waals surface area contributed by atoms with Gasteiger partial charge in [-0.2, -0.15) is 12.6 Å². The Morgan fingerprint density at radius 2 is 2.24 bits per heavy atom. The Balaban J connectivity index is 1.98. The van der Waals surface area contributed by atoms with Crippen LogP contribution in [0.4, 0.5) is 5.69 Å². The van der Waals surface area contributed by atoms with E-state index in [0.717, 1.165) is 34.3 Å². The van der Waals surface area contributed by atoms with Crippen LogP contribution >= 0.6 is 28.6 Å². The molecule has 0 spiro atoms. The molecule has 1 saturated carbocycles. The number of amides is 1. The Morgan fingerprint density at radius 3 is 2.76 bits per heavy atom. The zero-order chi connectivity index (χ0) is 12.5. The van der Waals surface area contributed by atoms with Crippen molar-refractivity contribution in [2.24, 2.45) is 5.41 Å². The van der Waals surface area contributed by atoms with Gasteiger partial charge in [-0.15, -0.1) is 0 Å². The molecule has 17 heavy (non-hydrogen) atoms. The fourth-order valence-electron chi connectivity index (χ4n) is 1.87. The van der Waals surface area contributed by atoms with Gasteiger partial charge in [0.1, 0.15) is 0 Å². The van der Waals surface area contributed by atoms with Crippen LogP contribution in [0.2, 0.25) is 0 Å². The van der Waals surface area contributed by atoms with E-state index in [1.54, 1.807) is 0 Å². The second-order valence-corrected chi connectivity index (χ2v) is 6.07. The van der Waals surface area contributed by atoms with Crippen molar-refractivity contribution < 1.29 is 4.79 Å². The summed E-state index contributed by atoms with van der Waals surface area (Å²) in [6, 6.07) is 5.87. The van der Waals surface area contributed by atoms with Crippen molar-refractivity contribution in [1.82, 2.24) is 0 Å². The number of aryl methyl sites for hydroxylation is 1. The SMILES string of the molecule is Cc1cc(Br)ccc1NC(=O)CC1(CS)CC1. The van der Waals surface area contributed by atoms with Crippen LogP contribution in [0.3, 0.4) is 0 Å². The van der Waals surface area contributed by atoms with Crippen molar-refractivity contribution in [3.63, 3.8) is 0 Å². The van der Waals surface area contributed by atoms with Gasteiger partial charge in [0.15, 0.2) is 0 Å². The van der Waals surface area contributed by atoms with Crippen LogP contribution in [-0.2, 0) is 4.79 Å². The van der Waals surface area contributed by atoms with E-state index in [4.69, 9.17) is 0 Å². The molecule has 92 valence electrons. The van der Waals surface area contributed by atoms with E-state index >= 15 is 0 Å². The number of halogens is 1. The molecular weight excluding hydrogens is 298 g/mol. The molecule has 1 fully saturated rings. The monoisotopic (exact) mass is 313 g/mol. The number of benzene rings is 1. The van der Waals surface area contributed by atoms with Crippen molar-refractivity contribution in [2.45, 2.75) is 26.2 Å². The normalized spacial score (nSPS) is 16.6. The number of hydrogen-bond acceptors (Lipinski definition) is 2. The zero-order valence-corrected chi connectivity index (χ0v) is 12.3. The molecule has 0 atom stereocenters. The summed E-state index contributed by atoms with van der Waals surface area (Å²) < 4.78 is 1.03. The molecule has 0 aromatic heterocycles. The molecule has 1 aromatic rings. The Morgan fingerprint density at radius 1 is 1.53 bits per heavy atom. The topological polar surface area (TPSA) is 29.1 Å². The maximum Gasteiger partial charge on any atom is 0.224 e. The van der Waals surface area contributed by atoms with Crippen LogP contribution in [0, 0.1) is 12.3 Å². The highest BCUT2D eigenvalue weighted by atomic mass is 79.9. The van der Waals surface area contributed by atoms with Crippen LogP contribution < -0.4 is 5.32 Å². The van der Waals surface area contributed by atoms with Gasteiger partial charge in [0.05, 0.1) is 0 Å². The number of rotatable bonds is 4. The lowest BCUT2D eigenvalue weighted by molar-refractivity contribution is -0.117. The zero-order valence-electron chi connectivity index (χ0n) is 9.79. The van der Waals surface area contributed by atoms with E-state index < -0.39 is 0 Å². The van der Waals surface area contributed by atoms with Crippen molar-refractivity contribution >= 4 is 40.2 Å². The first kappa shape index (κ1) is 13.0. The summed E-state index contributed by atoms with van der Waals surface area (Å²) in [4.78, 5) is 11.9. The lowest BCUT2D eigenvalue weighted by Crippen LogP contribution is -2.18. The van der Waals surface area contributed by atoms with Gasteiger partial charge < -0.3 is 5.32 Å². The van der Waals surface area contributed by atoms with Gasteiger partial charge in [0, 0.05) is 16.6 Å². The third-order valence-electron chi connectivity index (χ3n) is 3.29. The molecule has 1 aliphatic rings. The van der Waals surface area contributed by atoms with E-state index in [2.05, 4.69) is 33.9 Å². The van der Waals surface area contributed by atoms with Crippen LogP contribution in [0.15, 0.2) is 22.7 Å². The summed E-state index contributed by atoms with van der Waals surface area (Å²) in [6.07, 6.45) is 2.85. The number of anilines is 1. The van der Waals surface area contributed by atoms with E-state index in [1.165, 1.54) is 0 Å². The van der Waals surface area contributed by atoms with Gasteiger partial charge in [-0.25, -0.2) is 0 Å². The van der Waals surface area contributed by atoms with Crippen LogP contribution in [0.1, 0.15) is 24.8 Å². The quantitative estimate of drug-likeness (QED) is 0.813. The van der Waals surface area contributed by atoms with E-state index in [0.29, 0.717) is 6.42 Å². The van der Waals surface area contributed by atoms with Crippen LogP contribution in [0.5, 0.6) is 0 Å². The second-order valence-electron chi connectivity index (χ2n) is 4.84. The Bertz CT molecular complexity index is 443. The molecule has 2 rings (SSSR count). The number of carbonyl (C=O) groups excluding carboxylic acids is 1. The van der Waals surface area contributed by atoms with E-state index in [9.17, 15) is 4.79 Å². The highest BCUT2D eigenvalue weighted by molar-refractivity contribution is 9.10. The molecule has 0 aliphatic heterocycles. The Kier molecular flexibility index (Phi) is 3.83. The van der Waals surface area contributed by atoms with E-state index in [1.807, 2.05) is 25.1 Å². The number of thiol groups is 1. The predicted molar refractivity (Wildman–Crippen MR) is 77.6 cm³/mol. The third kappa shape index (κ3) is 3.26. The van der Waals surface area contributed by atoms with Crippen molar-refractivity contribution in [3.8, 4) is 0 Å². The largest absolute Gasteiger partial charge is 0.326 e. The minimum Gasteiger partial charge on any atom is -0.326 e. The maximum atomic E-state index is 11.9. The van der Waals surface area contributed by atoms with Gasteiger partial charge in [-0.3, -0.25) is 4.79 Å². The summed E-state index contributed by atoms with van der Waals surface area (Å²) in [5.74, 6) is 0.904. The number of carbonyl (C=O) groups is 1. The highest BCUT2D eigenvalue weighted by Crippen LogP contribution is 2.49. The minimum absolute atomic E-state index is 0.0990. The minimum atomic E-state index is 0.0990. The molecule has 1 aliphatic carbocycles. The maximum absolute atomic E-state index is 11.9. The molecule has 0 unspecified atom stereocenters. The molecule has 1 aromatic carbocycles. The summed E-state index contributed by atoms with van der Waals surface area (Å²) >= 11 is 7.72. The first-order valence-corrected chi connectivity index (χ1v) is 7.14. The third-order valence-corrected chi connectivity index (χ3v) is 4.45. The Hall–Kier alpha value is -0.480. The van der Waals surface area contributed by atoms with Crippen molar-refractivity contribution in [3.05, 3.63) is 28.2 Å². The van der Waals surface area contributed by atoms with E-state index in [-0.39, 0.29) is 11.3 Å². The van der Waals surface area contributed by atoms with Crippen molar-refractivity contribution in [2.75, 3.05) is 11.1 Å². The molecule has 0 heterocycles. The van der Waals surface area contributed by atoms with Crippen LogP contribution in [0.25, 0.3) is 0 Å². The average molecular weight is 314 g/mol. The first-order valence-electron chi connectivity index (χ1n) is 5.72. The summed E-state index contributed by atoms with van der Waals surface area (Å²) in [5, 5.41) is 2.97. The second kappa shape index (κ2) is 5.02.